The van der Waals surface area contributed by atoms with Crippen LogP contribution in [-0.4, -0.2) is 9.13 Å². The van der Waals surface area contributed by atoms with Crippen molar-refractivity contribution in [2.24, 2.45) is 0 Å². The first-order chi connectivity index (χ1) is 26.7. The van der Waals surface area contributed by atoms with Gasteiger partial charge in [0.1, 0.15) is 22.3 Å². The van der Waals surface area contributed by atoms with E-state index in [2.05, 4.69) is 180 Å². The highest BCUT2D eigenvalue weighted by atomic mass is 15.5. The fourth-order valence-corrected chi connectivity index (χ4v) is 11.9. The summed E-state index contributed by atoms with van der Waals surface area (Å²) in [6.45, 7) is 14.3. The third-order valence-corrected chi connectivity index (χ3v) is 14.2. The molecule has 5 aliphatic rings. The van der Waals surface area contributed by atoms with Crippen LogP contribution in [0.4, 0.5) is 17.2 Å². The molecule has 55 heavy (non-hydrogen) atoms. The number of hydrogen-bond donors (Lipinski definition) is 0. The second kappa shape index (κ2) is 8.84. The molecule has 0 amide bonds. The summed E-state index contributed by atoms with van der Waals surface area (Å²) in [7, 11) is 0. The number of benzene rings is 5. The van der Waals surface area contributed by atoms with Gasteiger partial charge in [0.25, 0.3) is 11.6 Å². The Morgan fingerprint density at radius 3 is 1.78 bits per heavy atom. The zero-order valence-electron chi connectivity index (χ0n) is 31.9. The molecule has 0 radical (unpaired) electrons. The number of fused-ring (bicyclic) bond motifs is 12. The van der Waals surface area contributed by atoms with Gasteiger partial charge in [0.15, 0.2) is 22.6 Å². The van der Waals surface area contributed by atoms with Crippen LogP contribution in [0.2, 0.25) is 0 Å². The molecule has 0 aliphatic carbocycles. The molecule has 9 heterocycles. The molecule has 0 bridgehead atoms. The lowest BCUT2D eigenvalue weighted by Crippen LogP contribution is -2.76. The van der Waals surface area contributed by atoms with E-state index < -0.39 is 5.66 Å². The summed E-state index contributed by atoms with van der Waals surface area (Å²) in [5.74, 6) is 3.21. The molecule has 14 rings (SSSR count). The van der Waals surface area contributed by atoms with Crippen LogP contribution in [0.1, 0.15) is 86.8 Å². The van der Waals surface area contributed by atoms with Gasteiger partial charge in [-0.2, -0.15) is 18.6 Å². The Morgan fingerprint density at radius 2 is 1.09 bits per heavy atom. The number of aromatic nitrogens is 4. The maximum absolute atomic E-state index is 2.78. The highest BCUT2D eigenvalue weighted by Gasteiger charge is 2.70. The molecule has 0 saturated heterocycles. The Bertz CT molecular complexity index is 3370. The van der Waals surface area contributed by atoms with E-state index in [1.807, 2.05) is 0 Å². The number of anilines is 3. The lowest BCUT2D eigenvalue weighted by molar-refractivity contribution is -0.931. The Balaban J connectivity index is 1.35. The molecular weight excluding hydrogens is 671 g/mol. The van der Waals surface area contributed by atoms with E-state index in [9.17, 15) is 0 Å². The summed E-state index contributed by atoms with van der Waals surface area (Å²) < 4.78 is 10.8. The molecule has 5 nitrogen and oxygen atoms in total. The van der Waals surface area contributed by atoms with Crippen molar-refractivity contribution in [1.29, 1.82) is 0 Å². The number of hydrogen-bond acceptors (Lipinski definition) is 1. The Hall–Kier alpha value is -6.20. The van der Waals surface area contributed by atoms with Crippen molar-refractivity contribution in [3.05, 3.63) is 149 Å². The number of para-hydroxylation sites is 3. The predicted molar refractivity (Wildman–Crippen MR) is 221 cm³/mol. The van der Waals surface area contributed by atoms with E-state index in [-0.39, 0.29) is 5.41 Å². The summed E-state index contributed by atoms with van der Waals surface area (Å²) in [6.07, 6.45) is 0. The van der Waals surface area contributed by atoms with E-state index in [1.165, 1.54) is 117 Å². The van der Waals surface area contributed by atoms with Crippen molar-refractivity contribution >= 4 is 60.8 Å². The van der Waals surface area contributed by atoms with Crippen molar-refractivity contribution in [3.63, 3.8) is 0 Å². The van der Waals surface area contributed by atoms with Crippen LogP contribution in [0.3, 0.4) is 0 Å². The number of pyridine rings is 2. The minimum absolute atomic E-state index is 0.213. The number of rotatable bonds is 2. The van der Waals surface area contributed by atoms with Crippen LogP contribution in [0.15, 0.2) is 115 Å². The maximum Gasteiger partial charge on any atom is 0.319 e. The molecule has 9 aromatic rings. The zero-order valence-corrected chi connectivity index (χ0v) is 31.9. The topological polar surface area (TPSA) is 20.9 Å². The van der Waals surface area contributed by atoms with Gasteiger partial charge >= 0.3 is 5.66 Å². The molecule has 0 saturated carbocycles. The highest BCUT2D eigenvalue weighted by molar-refractivity contribution is 6.22. The van der Waals surface area contributed by atoms with Crippen LogP contribution >= 0.6 is 0 Å². The molecular formula is C50H39N5+2. The first-order valence-corrected chi connectivity index (χ1v) is 20.0. The monoisotopic (exact) mass is 709 g/mol. The smallest absolute Gasteiger partial charge is 0.308 e. The third kappa shape index (κ3) is 2.84. The number of nitrogens with zero attached hydrogens (tertiary/aromatic N) is 5. The van der Waals surface area contributed by atoms with Gasteiger partial charge in [-0.15, -0.1) is 0 Å². The minimum Gasteiger partial charge on any atom is -0.308 e. The lowest BCUT2D eigenvalue weighted by atomic mass is 9.69. The summed E-state index contributed by atoms with van der Waals surface area (Å²) in [5, 5.41) is 5.27. The Kier molecular flexibility index (Phi) is 4.69. The van der Waals surface area contributed by atoms with Crippen LogP contribution in [0.5, 0.6) is 0 Å². The van der Waals surface area contributed by atoms with Gasteiger partial charge in [-0.3, -0.25) is 0 Å². The fourth-order valence-electron chi connectivity index (χ4n) is 11.9. The molecule has 5 aliphatic heterocycles. The quantitative estimate of drug-likeness (QED) is 0.164. The minimum atomic E-state index is -0.660. The maximum atomic E-state index is 2.78. The van der Waals surface area contributed by atoms with Crippen LogP contribution in [0.25, 0.3) is 66.5 Å². The van der Waals surface area contributed by atoms with Gasteiger partial charge in [0, 0.05) is 50.2 Å². The molecule has 5 heteroatoms. The largest absolute Gasteiger partial charge is 0.319 e. The van der Waals surface area contributed by atoms with E-state index in [0.717, 1.165) is 0 Å². The van der Waals surface area contributed by atoms with E-state index >= 15 is 0 Å². The second-order valence-corrected chi connectivity index (χ2v) is 17.8. The van der Waals surface area contributed by atoms with Crippen LogP contribution < -0.4 is 14.0 Å². The van der Waals surface area contributed by atoms with Gasteiger partial charge in [-0.25, -0.2) is 0 Å². The van der Waals surface area contributed by atoms with Crippen molar-refractivity contribution in [3.8, 4) is 22.9 Å². The van der Waals surface area contributed by atoms with E-state index in [0.29, 0.717) is 11.8 Å². The Labute approximate surface area is 318 Å². The van der Waals surface area contributed by atoms with Gasteiger partial charge < -0.3 is 4.57 Å². The first-order valence-electron chi connectivity index (χ1n) is 20.0. The fraction of sp³-hybridized carbons (Fsp3) is 0.200. The van der Waals surface area contributed by atoms with Crippen molar-refractivity contribution in [2.75, 3.05) is 4.90 Å². The predicted octanol–water partition coefficient (Wildman–Crippen LogP) is 11.0. The average molecular weight is 710 g/mol. The van der Waals surface area contributed by atoms with Crippen molar-refractivity contribution in [2.45, 2.75) is 64.5 Å². The molecule has 1 unspecified atom stereocenters. The van der Waals surface area contributed by atoms with E-state index in [1.54, 1.807) is 0 Å². The molecule has 0 N–H and O–H groups in total. The lowest BCUT2D eigenvalue weighted by Gasteiger charge is -2.46. The van der Waals surface area contributed by atoms with Crippen molar-refractivity contribution in [1.82, 2.24) is 9.13 Å². The molecule has 1 atom stereocenters. The molecule has 0 fully saturated rings. The zero-order chi connectivity index (χ0) is 36.6. The first kappa shape index (κ1) is 29.2. The summed E-state index contributed by atoms with van der Waals surface area (Å²) in [5.41, 5.74) is 19.0. The average Bonchev–Trinajstić information content (AvgIpc) is 3.81. The Morgan fingerprint density at radius 1 is 0.509 bits per heavy atom. The summed E-state index contributed by atoms with van der Waals surface area (Å²) in [4.78, 5) is 2.66. The van der Waals surface area contributed by atoms with E-state index in [4.69, 9.17) is 0 Å². The molecule has 5 aromatic carbocycles. The van der Waals surface area contributed by atoms with Gasteiger partial charge in [0.2, 0.25) is 0 Å². The van der Waals surface area contributed by atoms with Crippen LogP contribution in [0, 0.1) is 0 Å². The summed E-state index contributed by atoms with van der Waals surface area (Å²) in [6, 6.07) is 44.9. The van der Waals surface area contributed by atoms with Crippen molar-refractivity contribution < 1.29 is 9.13 Å². The second-order valence-electron chi connectivity index (χ2n) is 17.8. The van der Waals surface area contributed by atoms with Gasteiger partial charge in [0.05, 0.1) is 16.7 Å². The molecule has 262 valence electrons. The highest BCUT2D eigenvalue weighted by Crippen LogP contribution is 2.63. The van der Waals surface area contributed by atoms with Gasteiger partial charge in [-0.05, 0) is 71.5 Å². The summed E-state index contributed by atoms with van der Waals surface area (Å²) >= 11 is 0. The standard InChI is InChI=1S/C50H39N5/c1-26(2)28-21-40-41-22-29(27(3)4)24-43-53-38-18-12-9-15-34(38)49(5,6)35-19-20-39-44(48(35)53)50(55(41)43)45-46-32(30-13-7-10-16-36(30)51(39)46)25-33-31-14-8-11-17-37(31)52(47(33)45)42(23-28)54(40)50/h7-27H,1-6H3/q+2. The molecule has 4 aromatic heterocycles. The third-order valence-electron chi connectivity index (χ3n) is 14.2. The van der Waals surface area contributed by atoms with Gasteiger partial charge in [-0.1, -0.05) is 96.1 Å². The SMILES string of the molecule is CC(C)c1cc2[n+]3c(c1)N1c4ccccc4C(C)(C)c4ccc5c(c41)C31c3c4c(cc6c7ccccc7n(c36)-c3cc(C(C)C)cc-2[n+]31)c1ccccc1n4-5. The normalized spacial score (nSPS) is 18.1. The molecule has 1 spiro atoms. The van der Waals surface area contributed by atoms with Crippen LogP contribution in [-0.2, 0) is 11.1 Å².